The van der Waals surface area contributed by atoms with Crippen LogP contribution >= 0.6 is 11.8 Å². The minimum absolute atomic E-state index is 0.00151. The van der Waals surface area contributed by atoms with Gasteiger partial charge in [-0.25, -0.2) is 4.18 Å². The Hall–Kier alpha value is 0.317. The molecule has 0 rings (SSSR count). The molecule has 98 valence electrons. The number of rotatable bonds is 9. The van der Waals surface area contributed by atoms with Crippen LogP contribution in [0.3, 0.4) is 0 Å². The summed E-state index contributed by atoms with van der Waals surface area (Å²) in [5, 5.41) is 0. The summed E-state index contributed by atoms with van der Waals surface area (Å²) < 4.78 is 32.6. The molecule has 0 saturated heterocycles. The van der Waals surface area contributed by atoms with Gasteiger partial charge in [0.05, 0.1) is 6.61 Å². The maximum absolute atomic E-state index is 10.1. The maximum atomic E-state index is 10.1. The smallest absolute Gasteiger partial charge is 0.390 e. The van der Waals surface area contributed by atoms with Gasteiger partial charge in [0.25, 0.3) is 0 Å². The van der Waals surface area contributed by atoms with Crippen molar-refractivity contribution in [2.75, 3.05) is 18.1 Å². The lowest BCUT2D eigenvalue weighted by Crippen LogP contribution is -2.34. The summed E-state index contributed by atoms with van der Waals surface area (Å²) in [5.41, 5.74) is 0. The Labute approximate surface area is 99.8 Å². The van der Waals surface area contributed by atoms with Crippen LogP contribution in [0.4, 0.5) is 0 Å². The number of thioether (sulfide) groups is 1. The van der Waals surface area contributed by atoms with Gasteiger partial charge in [-0.3, -0.25) is 4.55 Å². The third-order valence-corrected chi connectivity index (χ3v) is 4.11. The third kappa shape index (κ3) is 14.3. The van der Waals surface area contributed by atoms with Gasteiger partial charge in [-0.2, -0.15) is 20.2 Å². The third-order valence-electron chi connectivity index (χ3n) is 1.47. The van der Waals surface area contributed by atoms with Crippen LogP contribution < -0.4 is 0 Å². The molecule has 0 fully saturated rings. The van der Waals surface area contributed by atoms with E-state index in [1.54, 1.807) is 0 Å². The summed E-state index contributed by atoms with van der Waals surface area (Å²) in [7, 11) is -8.25. The molecule has 0 saturated carbocycles. The summed E-state index contributed by atoms with van der Waals surface area (Å²) >= 11 is 1.48. The number of hydrogen-bond donors (Lipinski definition) is 4. The molecule has 0 atom stereocenters. The topological polar surface area (TPSA) is 124 Å². The molecular weight excluding hydrogens is 276 g/mol. The van der Waals surface area contributed by atoms with E-state index in [1.807, 2.05) is 0 Å². The molecule has 0 bridgehead atoms. The van der Waals surface area contributed by atoms with E-state index in [0.29, 0.717) is 24.3 Å². The van der Waals surface area contributed by atoms with Crippen molar-refractivity contribution < 1.29 is 31.5 Å². The van der Waals surface area contributed by atoms with Crippen LogP contribution in [0.2, 0.25) is 6.04 Å². The minimum atomic E-state index is -4.34. The van der Waals surface area contributed by atoms with Crippen LogP contribution in [0.5, 0.6) is 0 Å². The van der Waals surface area contributed by atoms with Crippen molar-refractivity contribution in [1.29, 1.82) is 0 Å². The first kappa shape index (κ1) is 16.3. The Kier molecular flexibility index (Phi) is 7.76. The molecule has 4 N–H and O–H groups in total. The highest BCUT2D eigenvalue weighted by Crippen LogP contribution is 2.10. The highest BCUT2D eigenvalue weighted by molar-refractivity contribution is 7.99. The first-order chi connectivity index (χ1) is 7.21. The Bertz CT molecular complexity index is 273. The van der Waals surface area contributed by atoms with Crippen molar-refractivity contribution in [2.45, 2.75) is 18.9 Å². The van der Waals surface area contributed by atoms with Gasteiger partial charge in [-0.1, -0.05) is 0 Å². The largest absolute Gasteiger partial charge is 0.492 e. The van der Waals surface area contributed by atoms with Crippen molar-refractivity contribution in [3.05, 3.63) is 0 Å². The van der Waals surface area contributed by atoms with E-state index in [4.69, 9.17) is 18.9 Å². The van der Waals surface area contributed by atoms with Crippen molar-refractivity contribution in [3.63, 3.8) is 0 Å². The van der Waals surface area contributed by atoms with E-state index in [1.165, 1.54) is 11.8 Å². The average Bonchev–Trinajstić information content (AvgIpc) is 2.06. The van der Waals surface area contributed by atoms with E-state index in [2.05, 4.69) is 4.18 Å². The van der Waals surface area contributed by atoms with Crippen LogP contribution in [0.15, 0.2) is 0 Å². The van der Waals surface area contributed by atoms with Crippen LogP contribution in [0.1, 0.15) is 12.8 Å². The van der Waals surface area contributed by atoms with Crippen molar-refractivity contribution >= 4 is 31.0 Å². The molecule has 0 aliphatic rings. The van der Waals surface area contributed by atoms with E-state index in [-0.39, 0.29) is 12.7 Å². The molecule has 0 aromatic carbocycles. The number of hydrogen-bond acceptors (Lipinski definition) is 7. The highest BCUT2D eigenvalue weighted by Gasteiger charge is 2.25. The van der Waals surface area contributed by atoms with Crippen molar-refractivity contribution in [2.24, 2.45) is 0 Å². The van der Waals surface area contributed by atoms with Gasteiger partial charge in [-0.05, 0) is 24.3 Å². The Morgan fingerprint density at radius 2 is 1.69 bits per heavy atom. The van der Waals surface area contributed by atoms with E-state index in [0.717, 1.165) is 0 Å². The molecule has 7 nitrogen and oxygen atoms in total. The van der Waals surface area contributed by atoms with Crippen molar-refractivity contribution in [1.82, 2.24) is 0 Å². The van der Waals surface area contributed by atoms with Gasteiger partial charge in [0.15, 0.2) is 0 Å². The summed E-state index contributed by atoms with van der Waals surface area (Å²) in [6.07, 6.45) is 0.948. The first-order valence-electron chi connectivity index (χ1n) is 4.57. The van der Waals surface area contributed by atoms with Crippen LogP contribution in [-0.2, 0) is 14.6 Å². The molecule has 16 heavy (non-hydrogen) atoms. The lowest BCUT2D eigenvalue weighted by molar-refractivity contribution is 0.227. The highest BCUT2D eigenvalue weighted by atomic mass is 32.3. The molecule has 0 radical (unpaired) electrons. The Morgan fingerprint density at radius 1 is 1.12 bits per heavy atom. The maximum Gasteiger partial charge on any atom is 0.492 e. The van der Waals surface area contributed by atoms with Gasteiger partial charge in [-0.15, -0.1) is 0 Å². The summed E-state index contributed by atoms with van der Waals surface area (Å²) in [5.74, 6) is 1.27. The fraction of sp³-hybridized carbons (Fsp3) is 1.00. The lowest BCUT2D eigenvalue weighted by atomic mass is 10.5. The Balaban J connectivity index is 3.23. The van der Waals surface area contributed by atoms with Gasteiger partial charge in [0, 0.05) is 6.04 Å². The van der Waals surface area contributed by atoms with E-state index in [9.17, 15) is 8.42 Å². The molecule has 0 aliphatic carbocycles. The van der Waals surface area contributed by atoms with Gasteiger partial charge < -0.3 is 14.4 Å². The second-order valence-electron chi connectivity index (χ2n) is 3.09. The molecule has 0 aromatic heterocycles. The van der Waals surface area contributed by atoms with Crippen LogP contribution in [-0.4, -0.2) is 54.3 Å². The van der Waals surface area contributed by atoms with Gasteiger partial charge >= 0.3 is 19.2 Å². The first-order valence-corrected chi connectivity index (χ1v) is 9.14. The second-order valence-corrected chi connectivity index (χ2v) is 7.46. The zero-order valence-electron chi connectivity index (χ0n) is 8.57. The lowest BCUT2D eigenvalue weighted by Gasteiger charge is -2.08. The van der Waals surface area contributed by atoms with E-state index >= 15 is 0 Å². The molecule has 10 heteroatoms. The SMILES string of the molecule is O=S(=O)(O)OCCCSCCC[Si](O)(O)O. The zero-order chi connectivity index (χ0) is 12.7. The van der Waals surface area contributed by atoms with Crippen LogP contribution in [0.25, 0.3) is 0 Å². The molecule has 0 aromatic rings. The molecular formula is C6H16O7S2Si. The second kappa shape index (κ2) is 7.61. The summed E-state index contributed by atoms with van der Waals surface area (Å²) in [6, 6.07) is 0.00151. The average molecular weight is 292 g/mol. The molecule has 0 aliphatic heterocycles. The summed E-state index contributed by atoms with van der Waals surface area (Å²) in [6.45, 7) is -0.0788. The zero-order valence-corrected chi connectivity index (χ0v) is 11.2. The van der Waals surface area contributed by atoms with Gasteiger partial charge in [0.1, 0.15) is 0 Å². The molecule has 0 amide bonds. The monoisotopic (exact) mass is 292 g/mol. The molecule has 0 heterocycles. The Morgan fingerprint density at radius 3 is 2.19 bits per heavy atom. The fourth-order valence-corrected chi connectivity index (χ4v) is 2.95. The predicted molar refractivity (Wildman–Crippen MR) is 61.3 cm³/mol. The quantitative estimate of drug-likeness (QED) is 0.248. The van der Waals surface area contributed by atoms with Gasteiger partial charge in [0.2, 0.25) is 0 Å². The molecule has 0 spiro atoms. The normalized spacial score (nSPS) is 13.0. The fourth-order valence-electron chi connectivity index (χ4n) is 0.839. The van der Waals surface area contributed by atoms with E-state index < -0.39 is 19.2 Å². The van der Waals surface area contributed by atoms with Crippen molar-refractivity contribution in [3.8, 4) is 0 Å². The molecule has 0 unspecified atom stereocenters. The predicted octanol–water partition coefficient (Wildman–Crippen LogP) is -0.765. The minimum Gasteiger partial charge on any atom is -0.390 e. The van der Waals surface area contributed by atoms with Crippen LogP contribution in [0, 0.1) is 0 Å². The standard InChI is InChI=1S/C6H16O7S2Si/c7-15(8,9)13-3-1-4-14-5-2-6-16(10,11)12/h10-12H,1-6H2,(H,7,8,9). The summed E-state index contributed by atoms with van der Waals surface area (Å²) in [4.78, 5) is 26.0.